The first kappa shape index (κ1) is 33.3. The Labute approximate surface area is 244 Å². The van der Waals surface area contributed by atoms with Crippen LogP contribution in [0.25, 0.3) is 6.08 Å². The summed E-state index contributed by atoms with van der Waals surface area (Å²) in [5.41, 5.74) is 5.81. The maximum atomic E-state index is 13.0. The van der Waals surface area contributed by atoms with Gasteiger partial charge in [-0.25, -0.2) is 19.3 Å². The van der Waals surface area contributed by atoms with Crippen molar-refractivity contribution in [2.75, 3.05) is 13.7 Å². The van der Waals surface area contributed by atoms with Crippen molar-refractivity contribution in [1.29, 1.82) is 0 Å². The molecule has 42 heavy (non-hydrogen) atoms. The molecule has 2 aromatic carbocycles. The maximum absolute atomic E-state index is 13.0. The van der Waals surface area contributed by atoms with Crippen LogP contribution in [0.4, 0.5) is 9.59 Å². The van der Waals surface area contributed by atoms with Gasteiger partial charge in [-0.3, -0.25) is 4.79 Å². The Bertz CT molecular complexity index is 1370. The molecule has 0 spiro atoms. The molecule has 2 amide bonds. The van der Waals surface area contributed by atoms with E-state index in [-0.39, 0.29) is 18.1 Å². The number of carbonyl (C=O) groups is 4. The zero-order valence-corrected chi connectivity index (χ0v) is 24.8. The number of carboxylic acid groups (broad SMARTS) is 1. The summed E-state index contributed by atoms with van der Waals surface area (Å²) >= 11 is 0. The van der Waals surface area contributed by atoms with Gasteiger partial charge in [-0.15, -0.1) is 4.99 Å². The first-order valence-corrected chi connectivity index (χ1v) is 12.9. The van der Waals surface area contributed by atoms with E-state index < -0.39 is 41.9 Å². The average Bonchev–Trinajstić information content (AvgIpc) is 2.87. The highest BCUT2D eigenvalue weighted by Crippen LogP contribution is 2.28. The summed E-state index contributed by atoms with van der Waals surface area (Å²) in [5, 5.41) is 8.81. The fourth-order valence-electron chi connectivity index (χ4n) is 3.31. The smallest absolute Gasteiger partial charge is 0.437 e. The predicted molar refractivity (Wildman–Crippen MR) is 156 cm³/mol. The number of amides is 2. The number of rotatable bonds is 9. The van der Waals surface area contributed by atoms with Crippen molar-refractivity contribution in [2.45, 2.75) is 59.3 Å². The van der Waals surface area contributed by atoms with Crippen molar-refractivity contribution in [3.8, 4) is 11.5 Å². The molecule has 0 radical (unpaired) electrons. The van der Waals surface area contributed by atoms with Gasteiger partial charge in [0.25, 0.3) is 0 Å². The van der Waals surface area contributed by atoms with Crippen LogP contribution in [-0.2, 0) is 20.8 Å². The van der Waals surface area contributed by atoms with E-state index in [9.17, 15) is 19.2 Å². The molecule has 12 nitrogen and oxygen atoms in total. The van der Waals surface area contributed by atoms with E-state index in [2.05, 4.69) is 4.99 Å². The van der Waals surface area contributed by atoms with Crippen LogP contribution in [-0.4, -0.2) is 64.8 Å². The zero-order chi connectivity index (χ0) is 31.7. The molecule has 0 unspecified atom stereocenters. The Morgan fingerprint density at radius 2 is 1.62 bits per heavy atom. The number of hydrogen-bond donors (Lipinski definition) is 2. The third kappa shape index (κ3) is 11.3. The molecule has 0 aliphatic heterocycles. The van der Waals surface area contributed by atoms with Gasteiger partial charge in [0.05, 0.1) is 13.7 Å². The fraction of sp³-hybridized carbons (Fsp3) is 0.367. The molecule has 226 valence electrons. The van der Waals surface area contributed by atoms with E-state index >= 15 is 0 Å². The molecule has 0 saturated heterocycles. The van der Waals surface area contributed by atoms with Gasteiger partial charge in [-0.05, 0) is 76.9 Å². The number of allylic oxidation sites excluding steroid dienone is 1. The van der Waals surface area contributed by atoms with Crippen LogP contribution in [0.15, 0.2) is 53.5 Å². The molecule has 0 heterocycles. The Morgan fingerprint density at radius 1 is 0.952 bits per heavy atom. The number of aliphatic imine (C=N–C) groups is 1. The Balaban J connectivity index is 2.28. The van der Waals surface area contributed by atoms with Crippen molar-refractivity contribution in [2.24, 2.45) is 10.7 Å². The Hall–Kier alpha value is -4.87. The predicted octanol–water partition coefficient (Wildman–Crippen LogP) is 5.04. The van der Waals surface area contributed by atoms with Crippen molar-refractivity contribution < 1.29 is 43.2 Å². The molecule has 0 bridgehead atoms. The molecular formula is C30H37N3O9. The van der Waals surface area contributed by atoms with Crippen molar-refractivity contribution in [3.05, 3.63) is 65.2 Å². The second kappa shape index (κ2) is 14.2. The molecule has 0 aromatic heterocycles. The number of aliphatic carboxylic acids is 1. The number of guanidine groups is 1. The molecule has 0 atom stereocenters. The number of ether oxygens (including phenoxy) is 4. The normalized spacial score (nSPS) is 12.0. The zero-order valence-electron chi connectivity index (χ0n) is 24.8. The van der Waals surface area contributed by atoms with Gasteiger partial charge in [0.2, 0.25) is 5.96 Å². The summed E-state index contributed by atoms with van der Waals surface area (Å²) < 4.78 is 21.1. The fourth-order valence-corrected chi connectivity index (χ4v) is 3.31. The molecule has 0 saturated carbocycles. The van der Waals surface area contributed by atoms with Gasteiger partial charge in [0.1, 0.15) is 11.2 Å². The highest BCUT2D eigenvalue weighted by atomic mass is 16.6. The Morgan fingerprint density at radius 3 is 2.21 bits per heavy atom. The number of methoxy groups -OCH3 is 1. The van der Waals surface area contributed by atoms with Gasteiger partial charge in [0.15, 0.2) is 23.9 Å². The van der Waals surface area contributed by atoms with Crippen molar-refractivity contribution in [3.63, 3.8) is 0 Å². The standard InChI is InChI=1S/C30H37N3O9/c1-29(2,3)41-27(37)32-26(31)33(28(38)42-30(4,5)6)17-20-9-8-10-21(15-20)22(34)13-11-19-12-14-23(24(16-19)39-7)40-18-25(35)36/h8-16H,17-18H2,1-7H3,(H,35,36)(H2,31,32,37). The molecule has 12 heteroatoms. The first-order chi connectivity index (χ1) is 19.5. The molecule has 3 N–H and O–H groups in total. The van der Waals surface area contributed by atoms with Gasteiger partial charge < -0.3 is 29.8 Å². The van der Waals surface area contributed by atoms with Gasteiger partial charge in [0, 0.05) is 5.56 Å². The molecular weight excluding hydrogens is 546 g/mol. The minimum Gasteiger partial charge on any atom is -0.493 e. The monoisotopic (exact) mass is 583 g/mol. The maximum Gasteiger partial charge on any atom is 0.437 e. The highest BCUT2D eigenvalue weighted by Gasteiger charge is 2.26. The molecule has 2 aromatic rings. The molecule has 0 fully saturated rings. The number of nitrogens with two attached hydrogens (primary N) is 1. The number of carbonyl (C=O) groups excluding carboxylic acids is 3. The van der Waals surface area contributed by atoms with Crippen LogP contribution >= 0.6 is 0 Å². The minimum absolute atomic E-state index is 0.146. The number of benzene rings is 2. The SMILES string of the molecule is COc1cc(C=CC(=O)c2cccc(CN(C(=O)OC(C)(C)C)C(N)=NC(=O)OC(C)(C)C)c2)ccc1OCC(=O)O. The highest BCUT2D eigenvalue weighted by molar-refractivity contribution is 6.07. The van der Waals surface area contributed by atoms with E-state index in [1.165, 1.54) is 13.2 Å². The number of ketones is 1. The lowest BCUT2D eigenvalue weighted by Crippen LogP contribution is -2.44. The van der Waals surface area contributed by atoms with Crippen LogP contribution in [0.5, 0.6) is 11.5 Å². The first-order valence-electron chi connectivity index (χ1n) is 12.9. The second-order valence-electron chi connectivity index (χ2n) is 11.0. The van der Waals surface area contributed by atoms with Crippen molar-refractivity contribution in [1.82, 2.24) is 4.90 Å². The number of carboxylic acids is 1. The van der Waals surface area contributed by atoms with Crippen LogP contribution in [0, 0.1) is 0 Å². The van der Waals surface area contributed by atoms with E-state index in [0.29, 0.717) is 22.4 Å². The van der Waals surface area contributed by atoms with Crippen LogP contribution < -0.4 is 15.2 Å². The summed E-state index contributed by atoms with van der Waals surface area (Å²) in [6.07, 6.45) is 1.11. The quantitative estimate of drug-likeness (QED) is 0.177. The lowest BCUT2D eigenvalue weighted by Gasteiger charge is -2.27. The minimum atomic E-state index is -1.12. The van der Waals surface area contributed by atoms with Gasteiger partial charge in [-0.1, -0.05) is 30.3 Å². The summed E-state index contributed by atoms with van der Waals surface area (Å²) in [7, 11) is 1.42. The lowest BCUT2D eigenvalue weighted by molar-refractivity contribution is -0.139. The number of nitrogens with zero attached hydrogens (tertiary/aromatic N) is 2. The summed E-state index contributed by atoms with van der Waals surface area (Å²) in [6.45, 7) is 9.38. The van der Waals surface area contributed by atoms with Crippen LogP contribution in [0.3, 0.4) is 0 Å². The summed E-state index contributed by atoms with van der Waals surface area (Å²) in [4.78, 5) is 53.6. The average molecular weight is 584 g/mol. The summed E-state index contributed by atoms with van der Waals surface area (Å²) in [5.74, 6) is -1.33. The third-order valence-electron chi connectivity index (χ3n) is 5.01. The van der Waals surface area contributed by atoms with Gasteiger partial charge >= 0.3 is 18.2 Å². The largest absolute Gasteiger partial charge is 0.493 e. The second-order valence-corrected chi connectivity index (χ2v) is 11.0. The number of hydrogen-bond acceptors (Lipinski definition) is 8. The molecule has 2 rings (SSSR count). The molecule has 0 aliphatic carbocycles. The lowest BCUT2D eigenvalue weighted by atomic mass is 10.1. The van der Waals surface area contributed by atoms with Crippen molar-refractivity contribution >= 4 is 36.0 Å². The molecule has 0 aliphatic rings. The van der Waals surface area contributed by atoms with E-state index in [1.54, 1.807) is 90.1 Å². The Kier molecular flexibility index (Phi) is 11.2. The van der Waals surface area contributed by atoms with E-state index in [1.807, 2.05) is 0 Å². The van der Waals surface area contributed by atoms with Crippen LogP contribution in [0.1, 0.15) is 63.0 Å². The summed E-state index contributed by atoms with van der Waals surface area (Å²) in [6, 6.07) is 11.3. The van der Waals surface area contributed by atoms with Crippen LogP contribution in [0.2, 0.25) is 0 Å². The van der Waals surface area contributed by atoms with E-state index in [4.69, 9.17) is 29.8 Å². The van der Waals surface area contributed by atoms with Gasteiger partial charge in [-0.2, -0.15) is 0 Å². The van der Waals surface area contributed by atoms with E-state index in [0.717, 1.165) is 4.90 Å². The topological polar surface area (TPSA) is 167 Å². The third-order valence-corrected chi connectivity index (χ3v) is 5.01.